The Balaban J connectivity index is 1.61. The molecule has 0 atom stereocenters. The van der Waals surface area contributed by atoms with E-state index < -0.39 is 5.97 Å². The third-order valence-corrected chi connectivity index (χ3v) is 3.08. The number of pyridine rings is 1. The highest BCUT2D eigenvalue weighted by molar-refractivity contribution is 5.87. The Labute approximate surface area is 122 Å². The Morgan fingerprint density at radius 3 is 2.90 bits per heavy atom. The highest BCUT2D eigenvalue weighted by Crippen LogP contribution is 2.28. The number of aromatic carboxylic acids is 1. The largest absolute Gasteiger partial charge is 0.478 e. The summed E-state index contributed by atoms with van der Waals surface area (Å²) in [6.45, 7) is 1.89. The standard InChI is InChI=1S/C14H19N3O4/c18-13(19)11-3-4-15-12(7-11)8-17-14(20)16-5-6-21-9-10-1-2-10/h3-4,7,10H,1-2,5-6,8-9H2,(H,18,19)(H2,16,17,20). The lowest BCUT2D eigenvalue weighted by molar-refractivity contribution is 0.0696. The Morgan fingerprint density at radius 1 is 1.38 bits per heavy atom. The number of aromatic nitrogens is 1. The molecule has 0 unspecified atom stereocenters. The van der Waals surface area contributed by atoms with E-state index in [1.165, 1.54) is 31.2 Å². The van der Waals surface area contributed by atoms with E-state index in [-0.39, 0.29) is 18.1 Å². The quantitative estimate of drug-likeness (QED) is 0.621. The SMILES string of the molecule is O=C(NCCOCC1CC1)NCc1cc(C(=O)O)ccn1. The first-order valence-electron chi connectivity index (χ1n) is 6.93. The number of rotatable bonds is 8. The average molecular weight is 293 g/mol. The molecule has 1 aliphatic carbocycles. The molecule has 114 valence electrons. The van der Waals surface area contributed by atoms with E-state index in [0.717, 1.165) is 6.61 Å². The van der Waals surface area contributed by atoms with Crippen molar-refractivity contribution in [1.29, 1.82) is 0 Å². The maximum Gasteiger partial charge on any atom is 0.335 e. The molecule has 0 saturated heterocycles. The Kier molecular flexibility index (Phi) is 5.51. The minimum Gasteiger partial charge on any atom is -0.478 e. The van der Waals surface area contributed by atoms with Crippen molar-refractivity contribution in [3.8, 4) is 0 Å². The number of hydrogen-bond donors (Lipinski definition) is 3. The van der Waals surface area contributed by atoms with Crippen molar-refractivity contribution in [3.63, 3.8) is 0 Å². The zero-order valence-corrected chi connectivity index (χ0v) is 11.7. The lowest BCUT2D eigenvalue weighted by Gasteiger charge is -2.08. The normalized spacial score (nSPS) is 13.7. The topological polar surface area (TPSA) is 101 Å². The molecule has 3 N–H and O–H groups in total. The lowest BCUT2D eigenvalue weighted by atomic mass is 10.2. The van der Waals surface area contributed by atoms with Crippen LogP contribution >= 0.6 is 0 Å². The van der Waals surface area contributed by atoms with Crippen LogP contribution in [-0.4, -0.2) is 41.8 Å². The summed E-state index contributed by atoms with van der Waals surface area (Å²) in [7, 11) is 0. The first-order chi connectivity index (χ1) is 10.1. The van der Waals surface area contributed by atoms with Crippen LogP contribution in [0.4, 0.5) is 4.79 Å². The highest BCUT2D eigenvalue weighted by atomic mass is 16.5. The minimum atomic E-state index is -1.02. The summed E-state index contributed by atoms with van der Waals surface area (Å²) in [6.07, 6.45) is 3.90. The molecule has 0 aromatic carbocycles. The van der Waals surface area contributed by atoms with Crippen molar-refractivity contribution in [1.82, 2.24) is 15.6 Å². The third kappa shape index (κ3) is 5.78. The number of nitrogens with one attached hydrogen (secondary N) is 2. The summed E-state index contributed by atoms with van der Waals surface area (Å²) < 4.78 is 5.39. The first-order valence-corrected chi connectivity index (χ1v) is 6.93. The summed E-state index contributed by atoms with van der Waals surface area (Å²) >= 11 is 0. The van der Waals surface area contributed by atoms with Gasteiger partial charge in [-0.2, -0.15) is 0 Å². The van der Waals surface area contributed by atoms with E-state index in [4.69, 9.17) is 9.84 Å². The minimum absolute atomic E-state index is 0.149. The molecule has 0 radical (unpaired) electrons. The summed E-state index contributed by atoms with van der Waals surface area (Å²) in [5, 5.41) is 14.1. The van der Waals surface area contributed by atoms with Gasteiger partial charge in [0, 0.05) is 19.3 Å². The van der Waals surface area contributed by atoms with E-state index in [2.05, 4.69) is 15.6 Å². The number of carboxylic acids is 1. The van der Waals surface area contributed by atoms with Crippen molar-refractivity contribution < 1.29 is 19.4 Å². The molecule has 0 spiro atoms. The van der Waals surface area contributed by atoms with E-state index in [1.807, 2.05) is 0 Å². The molecule has 21 heavy (non-hydrogen) atoms. The predicted molar refractivity (Wildman–Crippen MR) is 75.0 cm³/mol. The molecule has 0 aliphatic heterocycles. The number of nitrogens with zero attached hydrogens (tertiary/aromatic N) is 1. The first kappa shape index (κ1) is 15.2. The second kappa shape index (κ2) is 7.58. The van der Waals surface area contributed by atoms with Gasteiger partial charge in [0.25, 0.3) is 0 Å². The predicted octanol–water partition coefficient (Wildman–Crippen LogP) is 1.01. The van der Waals surface area contributed by atoms with Gasteiger partial charge in [0.05, 0.1) is 24.4 Å². The lowest BCUT2D eigenvalue weighted by Crippen LogP contribution is -2.37. The Morgan fingerprint density at radius 2 is 2.19 bits per heavy atom. The average Bonchev–Trinajstić information content (AvgIpc) is 3.29. The molecule has 7 heteroatoms. The summed E-state index contributed by atoms with van der Waals surface area (Å²) in [4.78, 5) is 26.3. The van der Waals surface area contributed by atoms with E-state index in [9.17, 15) is 9.59 Å². The van der Waals surface area contributed by atoms with Gasteiger partial charge in [-0.15, -0.1) is 0 Å². The van der Waals surface area contributed by atoms with Crippen LogP contribution in [0.3, 0.4) is 0 Å². The Hall–Kier alpha value is -2.15. The summed E-state index contributed by atoms with van der Waals surface area (Å²) in [5.74, 6) is -0.303. The van der Waals surface area contributed by atoms with Crippen LogP contribution in [0.5, 0.6) is 0 Å². The van der Waals surface area contributed by atoms with Crippen LogP contribution in [0.2, 0.25) is 0 Å². The van der Waals surface area contributed by atoms with Gasteiger partial charge in [-0.1, -0.05) is 0 Å². The van der Waals surface area contributed by atoms with Gasteiger partial charge in [0.1, 0.15) is 0 Å². The fourth-order valence-electron chi connectivity index (χ4n) is 1.71. The third-order valence-electron chi connectivity index (χ3n) is 3.08. The number of hydrogen-bond acceptors (Lipinski definition) is 4. The molecular formula is C14H19N3O4. The van der Waals surface area contributed by atoms with Crippen molar-refractivity contribution >= 4 is 12.0 Å². The molecule has 2 amide bonds. The zero-order valence-electron chi connectivity index (χ0n) is 11.7. The second-order valence-electron chi connectivity index (χ2n) is 4.97. The number of carbonyl (C=O) groups is 2. The second-order valence-corrected chi connectivity index (χ2v) is 4.97. The van der Waals surface area contributed by atoms with Crippen LogP contribution in [-0.2, 0) is 11.3 Å². The van der Waals surface area contributed by atoms with Gasteiger partial charge >= 0.3 is 12.0 Å². The number of amides is 2. The van der Waals surface area contributed by atoms with Crippen LogP contribution < -0.4 is 10.6 Å². The maximum atomic E-state index is 11.5. The number of ether oxygens (including phenoxy) is 1. The molecule has 0 bridgehead atoms. The van der Waals surface area contributed by atoms with Gasteiger partial charge < -0.3 is 20.5 Å². The number of urea groups is 1. The van der Waals surface area contributed by atoms with E-state index in [1.54, 1.807) is 0 Å². The van der Waals surface area contributed by atoms with Gasteiger partial charge in [0.2, 0.25) is 0 Å². The van der Waals surface area contributed by atoms with Gasteiger partial charge in [-0.05, 0) is 30.9 Å². The molecule has 7 nitrogen and oxygen atoms in total. The zero-order chi connectivity index (χ0) is 15.1. The van der Waals surface area contributed by atoms with Crippen LogP contribution in [0.15, 0.2) is 18.3 Å². The molecule has 1 aliphatic rings. The van der Waals surface area contributed by atoms with Crippen molar-refractivity contribution in [2.45, 2.75) is 19.4 Å². The van der Waals surface area contributed by atoms with Crippen molar-refractivity contribution in [2.24, 2.45) is 5.92 Å². The molecule has 1 heterocycles. The van der Waals surface area contributed by atoms with E-state index in [0.29, 0.717) is 24.8 Å². The number of carboxylic acid groups (broad SMARTS) is 1. The van der Waals surface area contributed by atoms with Crippen LogP contribution in [0.1, 0.15) is 28.9 Å². The highest BCUT2D eigenvalue weighted by Gasteiger charge is 2.20. The maximum absolute atomic E-state index is 11.5. The molecule has 1 aromatic heterocycles. The summed E-state index contributed by atoms with van der Waals surface area (Å²) in [5.41, 5.74) is 0.644. The Bertz CT molecular complexity index is 503. The molecule has 2 rings (SSSR count). The van der Waals surface area contributed by atoms with Gasteiger partial charge in [0.15, 0.2) is 0 Å². The smallest absolute Gasteiger partial charge is 0.335 e. The molecule has 1 saturated carbocycles. The molecule has 1 fully saturated rings. The molecule has 1 aromatic rings. The molecular weight excluding hydrogens is 274 g/mol. The monoisotopic (exact) mass is 293 g/mol. The van der Waals surface area contributed by atoms with Crippen molar-refractivity contribution in [2.75, 3.05) is 19.8 Å². The fraction of sp³-hybridized carbons (Fsp3) is 0.500. The van der Waals surface area contributed by atoms with Crippen LogP contribution in [0, 0.1) is 5.92 Å². The fourth-order valence-corrected chi connectivity index (χ4v) is 1.71. The van der Waals surface area contributed by atoms with Crippen molar-refractivity contribution in [3.05, 3.63) is 29.6 Å². The van der Waals surface area contributed by atoms with Gasteiger partial charge in [-0.3, -0.25) is 4.98 Å². The van der Waals surface area contributed by atoms with Gasteiger partial charge in [-0.25, -0.2) is 9.59 Å². The summed E-state index contributed by atoms with van der Waals surface area (Å²) in [6, 6.07) is 2.51. The van der Waals surface area contributed by atoms with Crippen LogP contribution in [0.25, 0.3) is 0 Å². The number of carbonyl (C=O) groups excluding carboxylic acids is 1. The van der Waals surface area contributed by atoms with E-state index >= 15 is 0 Å².